The molecule has 0 aliphatic carbocycles. The summed E-state index contributed by atoms with van der Waals surface area (Å²) in [6, 6.07) is 26.4. The maximum absolute atomic E-state index is 12.6. The second-order valence-corrected chi connectivity index (χ2v) is 6.30. The van der Waals surface area contributed by atoms with Gasteiger partial charge >= 0.3 is 0 Å². The first kappa shape index (κ1) is 19.2. The molecule has 0 bridgehead atoms. The Morgan fingerprint density at radius 1 is 0.750 bits per heavy atom. The van der Waals surface area contributed by atoms with Crippen molar-refractivity contribution in [3.05, 3.63) is 96.1 Å². The van der Waals surface area contributed by atoms with Gasteiger partial charge in [0.1, 0.15) is 0 Å². The Hall–Kier alpha value is -3.60. The van der Waals surface area contributed by atoms with E-state index in [2.05, 4.69) is 16.0 Å². The highest BCUT2D eigenvalue weighted by molar-refractivity contribution is 6.08. The molecule has 0 aliphatic rings. The fourth-order valence-corrected chi connectivity index (χ4v) is 2.78. The van der Waals surface area contributed by atoms with Crippen molar-refractivity contribution in [3.63, 3.8) is 0 Å². The van der Waals surface area contributed by atoms with E-state index in [4.69, 9.17) is 0 Å². The summed E-state index contributed by atoms with van der Waals surface area (Å²) < 4.78 is 0. The van der Waals surface area contributed by atoms with Gasteiger partial charge in [0.15, 0.2) is 0 Å². The number of carbonyl (C=O) groups is 2. The van der Waals surface area contributed by atoms with Gasteiger partial charge in [0, 0.05) is 17.9 Å². The van der Waals surface area contributed by atoms with Crippen molar-refractivity contribution in [2.75, 3.05) is 23.7 Å². The predicted octanol–water partition coefficient (Wildman–Crippen LogP) is 3.71. The van der Waals surface area contributed by atoms with E-state index in [-0.39, 0.29) is 18.4 Å². The smallest absolute Gasteiger partial charge is 0.257 e. The average molecular weight is 373 g/mol. The van der Waals surface area contributed by atoms with Crippen molar-refractivity contribution < 1.29 is 9.59 Å². The van der Waals surface area contributed by atoms with Crippen LogP contribution in [0.15, 0.2) is 84.9 Å². The quantitative estimate of drug-likeness (QED) is 0.564. The lowest BCUT2D eigenvalue weighted by Crippen LogP contribution is -2.31. The van der Waals surface area contributed by atoms with Crippen molar-refractivity contribution in [2.45, 2.75) is 6.42 Å². The highest BCUT2D eigenvalue weighted by Gasteiger charge is 2.12. The summed E-state index contributed by atoms with van der Waals surface area (Å²) in [6.45, 7) is 0.672. The molecule has 142 valence electrons. The summed E-state index contributed by atoms with van der Waals surface area (Å²) in [5, 5.41) is 8.80. The molecule has 0 unspecified atom stereocenters. The molecule has 28 heavy (non-hydrogen) atoms. The molecule has 3 aromatic rings. The molecule has 0 fully saturated rings. The molecular formula is C23H23N3O2. The molecule has 2 amide bonds. The van der Waals surface area contributed by atoms with Gasteiger partial charge in [0.25, 0.3) is 5.91 Å². The van der Waals surface area contributed by atoms with Gasteiger partial charge in [-0.3, -0.25) is 9.59 Å². The predicted molar refractivity (Wildman–Crippen MR) is 112 cm³/mol. The zero-order valence-electron chi connectivity index (χ0n) is 15.5. The van der Waals surface area contributed by atoms with Gasteiger partial charge in [-0.15, -0.1) is 0 Å². The van der Waals surface area contributed by atoms with Crippen molar-refractivity contribution in [1.29, 1.82) is 0 Å². The fraction of sp³-hybridized carbons (Fsp3) is 0.130. The van der Waals surface area contributed by atoms with Crippen molar-refractivity contribution in [3.8, 4) is 0 Å². The van der Waals surface area contributed by atoms with Crippen LogP contribution in [0.3, 0.4) is 0 Å². The van der Waals surface area contributed by atoms with Crippen LogP contribution in [0.4, 0.5) is 11.4 Å². The number of para-hydroxylation sites is 2. The lowest BCUT2D eigenvalue weighted by molar-refractivity contribution is -0.119. The molecule has 5 heteroatoms. The van der Waals surface area contributed by atoms with Crippen LogP contribution in [0.5, 0.6) is 0 Å². The summed E-state index contributed by atoms with van der Waals surface area (Å²) in [7, 11) is 0. The van der Waals surface area contributed by atoms with Crippen LogP contribution in [-0.2, 0) is 11.2 Å². The minimum atomic E-state index is -0.223. The van der Waals surface area contributed by atoms with E-state index in [1.165, 1.54) is 5.56 Å². The van der Waals surface area contributed by atoms with Gasteiger partial charge in [-0.2, -0.15) is 0 Å². The Balaban J connectivity index is 1.51. The third kappa shape index (κ3) is 5.71. The first-order chi connectivity index (χ1) is 13.7. The molecule has 3 rings (SSSR count). The number of anilines is 2. The number of benzene rings is 3. The average Bonchev–Trinajstić information content (AvgIpc) is 2.74. The Kier molecular flexibility index (Phi) is 6.79. The zero-order chi connectivity index (χ0) is 19.6. The van der Waals surface area contributed by atoms with Crippen LogP contribution in [0.2, 0.25) is 0 Å². The van der Waals surface area contributed by atoms with Crippen LogP contribution in [0.1, 0.15) is 15.9 Å². The minimum Gasteiger partial charge on any atom is -0.376 e. The summed E-state index contributed by atoms with van der Waals surface area (Å²) in [5.41, 5.74) is 3.01. The van der Waals surface area contributed by atoms with E-state index in [0.29, 0.717) is 17.8 Å². The summed E-state index contributed by atoms with van der Waals surface area (Å²) in [6.07, 6.45) is 0.780. The molecule has 0 saturated carbocycles. The zero-order valence-corrected chi connectivity index (χ0v) is 15.5. The Morgan fingerprint density at radius 3 is 2.14 bits per heavy atom. The van der Waals surface area contributed by atoms with Gasteiger partial charge in [-0.1, -0.05) is 60.7 Å². The largest absolute Gasteiger partial charge is 0.376 e. The van der Waals surface area contributed by atoms with Gasteiger partial charge in [0.2, 0.25) is 5.91 Å². The molecule has 0 aromatic heterocycles. The second kappa shape index (κ2) is 9.92. The number of carbonyl (C=O) groups excluding carboxylic acids is 2. The number of nitrogens with one attached hydrogen (secondary N) is 3. The van der Waals surface area contributed by atoms with Crippen LogP contribution in [0, 0.1) is 0 Å². The Labute approximate surface area is 164 Å². The van der Waals surface area contributed by atoms with Gasteiger partial charge in [-0.05, 0) is 36.2 Å². The van der Waals surface area contributed by atoms with E-state index < -0.39 is 0 Å². The molecule has 0 saturated heterocycles. The molecule has 5 nitrogen and oxygen atoms in total. The lowest BCUT2D eigenvalue weighted by atomic mass is 10.1. The standard InChI is InChI=1S/C23H23N3O2/c27-22(24-16-15-18-9-3-1-4-10-18)17-25-21-14-8-7-13-20(21)23(28)26-19-11-5-2-6-12-19/h1-14,25H,15-17H2,(H,24,27)(H,26,28). The summed E-state index contributed by atoms with van der Waals surface area (Å²) >= 11 is 0. The summed E-state index contributed by atoms with van der Waals surface area (Å²) in [5.74, 6) is -0.340. The number of hydrogen-bond acceptors (Lipinski definition) is 3. The van der Waals surface area contributed by atoms with Crippen molar-refractivity contribution in [1.82, 2.24) is 5.32 Å². The normalized spacial score (nSPS) is 10.1. The molecule has 0 radical (unpaired) electrons. The van der Waals surface area contributed by atoms with Crippen LogP contribution >= 0.6 is 0 Å². The minimum absolute atomic E-state index is 0.102. The Bertz CT molecular complexity index is 911. The van der Waals surface area contributed by atoms with Crippen LogP contribution < -0.4 is 16.0 Å². The molecule has 3 aromatic carbocycles. The number of rotatable bonds is 8. The third-order valence-electron chi connectivity index (χ3n) is 4.22. The maximum Gasteiger partial charge on any atom is 0.257 e. The van der Waals surface area contributed by atoms with E-state index in [9.17, 15) is 9.59 Å². The highest BCUT2D eigenvalue weighted by Crippen LogP contribution is 2.17. The maximum atomic E-state index is 12.6. The fourth-order valence-electron chi connectivity index (χ4n) is 2.78. The monoisotopic (exact) mass is 373 g/mol. The first-order valence-electron chi connectivity index (χ1n) is 9.22. The first-order valence-corrected chi connectivity index (χ1v) is 9.22. The molecule has 0 aliphatic heterocycles. The Morgan fingerprint density at radius 2 is 1.39 bits per heavy atom. The van der Waals surface area contributed by atoms with Crippen molar-refractivity contribution >= 4 is 23.2 Å². The molecule has 0 heterocycles. The number of hydrogen-bond donors (Lipinski definition) is 3. The highest BCUT2D eigenvalue weighted by atomic mass is 16.2. The third-order valence-corrected chi connectivity index (χ3v) is 4.22. The van der Waals surface area contributed by atoms with E-state index in [1.807, 2.05) is 66.7 Å². The van der Waals surface area contributed by atoms with E-state index >= 15 is 0 Å². The van der Waals surface area contributed by atoms with E-state index in [1.54, 1.807) is 18.2 Å². The topological polar surface area (TPSA) is 70.2 Å². The van der Waals surface area contributed by atoms with Crippen LogP contribution in [-0.4, -0.2) is 24.9 Å². The van der Waals surface area contributed by atoms with E-state index in [0.717, 1.165) is 12.1 Å². The summed E-state index contributed by atoms with van der Waals surface area (Å²) in [4.78, 5) is 24.7. The molecule has 0 spiro atoms. The number of amides is 2. The molecular weight excluding hydrogens is 350 g/mol. The van der Waals surface area contributed by atoms with Crippen molar-refractivity contribution in [2.24, 2.45) is 0 Å². The lowest BCUT2D eigenvalue weighted by Gasteiger charge is -2.12. The SMILES string of the molecule is O=C(CNc1ccccc1C(=O)Nc1ccccc1)NCCc1ccccc1. The molecule has 3 N–H and O–H groups in total. The second-order valence-electron chi connectivity index (χ2n) is 6.30. The van der Waals surface area contributed by atoms with Gasteiger partial charge in [0.05, 0.1) is 12.1 Å². The van der Waals surface area contributed by atoms with Crippen LogP contribution in [0.25, 0.3) is 0 Å². The van der Waals surface area contributed by atoms with Gasteiger partial charge in [-0.25, -0.2) is 0 Å². The van der Waals surface area contributed by atoms with Gasteiger partial charge < -0.3 is 16.0 Å². The molecule has 0 atom stereocenters.